The lowest BCUT2D eigenvalue weighted by Crippen LogP contribution is -2.36. The van der Waals surface area contributed by atoms with Crippen LogP contribution < -0.4 is 10.1 Å². The molecule has 0 fully saturated rings. The van der Waals surface area contributed by atoms with Crippen molar-refractivity contribution in [1.29, 1.82) is 0 Å². The number of carbonyl (C=O) groups is 1. The third-order valence-electron chi connectivity index (χ3n) is 3.91. The Morgan fingerprint density at radius 2 is 1.50 bits per heavy atom. The van der Waals surface area contributed by atoms with Crippen molar-refractivity contribution in [2.24, 2.45) is 5.92 Å². The maximum absolute atomic E-state index is 11.7. The van der Waals surface area contributed by atoms with E-state index in [0.29, 0.717) is 6.61 Å². The number of hydrogen-bond acceptors (Lipinski definition) is 2. The van der Waals surface area contributed by atoms with E-state index in [9.17, 15) is 4.79 Å². The van der Waals surface area contributed by atoms with Crippen LogP contribution in [0.25, 0.3) is 11.1 Å². The fourth-order valence-corrected chi connectivity index (χ4v) is 2.56. The van der Waals surface area contributed by atoms with E-state index in [0.717, 1.165) is 12.2 Å². The largest absolute Gasteiger partial charge is 0.494 e. The van der Waals surface area contributed by atoms with Gasteiger partial charge in [0.05, 0.1) is 6.61 Å². The molecule has 1 N–H and O–H groups in total. The Hall–Kier alpha value is -2.29. The molecule has 3 nitrogen and oxygen atoms in total. The van der Waals surface area contributed by atoms with Gasteiger partial charge in [-0.2, -0.15) is 0 Å². The minimum absolute atomic E-state index is 0.0227. The first-order chi connectivity index (χ1) is 11.5. The molecule has 1 unspecified atom stereocenters. The Kier molecular flexibility index (Phi) is 6.42. The number of nitrogens with one attached hydrogen (secondary N) is 1. The minimum Gasteiger partial charge on any atom is -0.494 e. The Morgan fingerprint density at radius 1 is 0.958 bits per heavy atom. The Morgan fingerprint density at radius 3 is 2.00 bits per heavy atom. The number of carbonyl (C=O) groups excluding carboxylic acids is 1. The van der Waals surface area contributed by atoms with Gasteiger partial charge >= 0.3 is 0 Å². The zero-order chi connectivity index (χ0) is 17.5. The van der Waals surface area contributed by atoms with E-state index in [4.69, 9.17) is 4.74 Å². The highest BCUT2D eigenvalue weighted by molar-refractivity contribution is 5.78. The highest BCUT2D eigenvalue weighted by atomic mass is 16.5. The van der Waals surface area contributed by atoms with Gasteiger partial charge in [-0.3, -0.25) is 4.79 Å². The maximum atomic E-state index is 11.7. The number of amides is 1. The van der Waals surface area contributed by atoms with Gasteiger partial charge in [-0.15, -0.1) is 0 Å². The molecule has 128 valence electrons. The topological polar surface area (TPSA) is 38.3 Å². The summed E-state index contributed by atoms with van der Waals surface area (Å²) >= 11 is 0. The number of hydrogen-bond donors (Lipinski definition) is 1. The Bertz CT molecular complexity index is 645. The molecule has 0 heterocycles. The summed E-state index contributed by atoms with van der Waals surface area (Å²) in [7, 11) is 0. The third-order valence-corrected chi connectivity index (χ3v) is 3.91. The summed E-state index contributed by atoms with van der Waals surface area (Å²) in [5.74, 6) is 1.02. The van der Waals surface area contributed by atoms with E-state index >= 15 is 0 Å². The number of rotatable bonds is 7. The summed E-state index contributed by atoms with van der Waals surface area (Å²) in [6.45, 7) is 8.53. The van der Waals surface area contributed by atoms with Gasteiger partial charge in [-0.25, -0.2) is 0 Å². The normalized spacial score (nSPS) is 12.0. The molecule has 0 saturated carbocycles. The average molecular weight is 325 g/mol. The molecule has 0 spiro atoms. The van der Waals surface area contributed by atoms with Crippen LogP contribution in [0.5, 0.6) is 5.75 Å². The molecule has 2 aromatic carbocycles. The summed E-state index contributed by atoms with van der Waals surface area (Å²) in [5, 5.41) is 3.04. The van der Waals surface area contributed by atoms with Crippen molar-refractivity contribution in [3.05, 3.63) is 54.1 Å². The average Bonchev–Trinajstić information content (AvgIpc) is 2.56. The van der Waals surface area contributed by atoms with Crippen LogP contribution in [-0.4, -0.2) is 18.6 Å². The van der Waals surface area contributed by atoms with Crippen molar-refractivity contribution < 1.29 is 9.53 Å². The summed E-state index contributed by atoms with van der Waals surface area (Å²) < 4.78 is 5.47. The molecular weight excluding hydrogens is 298 g/mol. The van der Waals surface area contributed by atoms with E-state index in [1.807, 2.05) is 39.8 Å². The monoisotopic (exact) mass is 325 g/mol. The van der Waals surface area contributed by atoms with Crippen LogP contribution in [0.15, 0.2) is 48.5 Å². The van der Waals surface area contributed by atoms with Crippen LogP contribution in [0.4, 0.5) is 0 Å². The van der Waals surface area contributed by atoms with Crippen LogP contribution >= 0.6 is 0 Å². The first-order valence-corrected chi connectivity index (χ1v) is 8.62. The zero-order valence-electron chi connectivity index (χ0n) is 15.0. The van der Waals surface area contributed by atoms with Gasteiger partial charge in [0.2, 0.25) is 5.91 Å². The molecular formula is C21H27NO2. The van der Waals surface area contributed by atoms with Crippen molar-refractivity contribution in [2.45, 2.75) is 40.2 Å². The second kappa shape index (κ2) is 8.53. The van der Waals surface area contributed by atoms with E-state index < -0.39 is 0 Å². The lowest BCUT2D eigenvalue weighted by Gasteiger charge is -2.16. The van der Waals surface area contributed by atoms with Gasteiger partial charge in [0.1, 0.15) is 5.75 Å². The molecule has 0 bridgehead atoms. The number of ether oxygens (including phenoxy) is 1. The second-order valence-electron chi connectivity index (χ2n) is 6.42. The molecule has 0 aliphatic heterocycles. The predicted octanol–water partition coefficient (Wildman–Crippen LogP) is 4.46. The summed E-state index contributed by atoms with van der Waals surface area (Å²) in [6, 6.07) is 16.8. The van der Waals surface area contributed by atoms with E-state index in [2.05, 4.69) is 41.7 Å². The highest BCUT2D eigenvalue weighted by Gasteiger charge is 2.11. The van der Waals surface area contributed by atoms with Gasteiger partial charge in [-0.1, -0.05) is 50.2 Å². The van der Waals surface area contributed by atoms with Crippen molar-refractivity contribution in [2.75, 3.05) is 6.61 Å². The molecule has 3 heteroatoms. The molecule has 1 amide bonds. The van der Waals surface area contributed by atoms with Crippen molar-refractivity contribution in [1.82, 2.24) is 5.32 Å². The fraction of sp³-hybridized carbons (Fsp3) is 0.381. The lowest BCUT2D eigenvalue weighted by molar-refractivity contribution is -0.124. The summed E-state index contributed by atoms with van der Waals surface area (Å²) in [5.41, 5.74) is 3.58. The molecule has 2 aromatic rings. The van der Waals surface area contributed by atoms with Gasteiger partial charge < -0.3 is 10.1 Å². The van der Waals surface area contributed by atoms with Gasteiger partial charge in [0.25, 0.3) is 0 Å². The molecule has 0 radical (unpaired) electrons. The standard InChI is InChI=1S/C21H27NO2/c1-5-24-20-12-10-19(11-13-20)18-8-6-17(7-9-18)14-16(4)22-21(23)15(2)3/h6-13,15-16H,5,14H2,1-4H3,(H,22,23). The first kappa shape index (κ1) is 18.1. The molecule has 0 aliphatic rings. The highest BCUT2D eigenvalue weighted by Crippen LogP contribution is 2.23. The quantitative estimate of drug-likeness (QED) is 0.816. The Balaban J connectivity index is 1.98. The van der Waals surface area contributed by atoms with Gasteiger partial charge in [0.15, 0.2) is 0 Å². The van der Waals surface area contributed by atoms with Crippen molar-refractivity contribution >= 4 is 5.91 Å². The maximum Gasteiger partial charge on any atom is 0.222 e. The smallest absolute Gasteiger partial charge is 0.222 e. The molecule has 0 saturated heterocycles. The fourth-order valence-electron chi connectivity index (χ4n) is 2.56. The summed E-state index contributed by atoms with van der Waals surface area (Å²) in [4.78, 5) is 11.7. The van der Waals surface area contributed by atoms with E-state index in [-0.39, 0.29) is 17.9 Å². The number of benzene rings is 2. The Labute approximate surface area is 145 Å². The van der Waals surface area contributed by atoms with Crippen LogP contribution in [0.3, 0.4) is 0 Å². The zero-order valence-corrected chi connectivity index (χ0v) is 15.0. The second-order valence-corrected chi connectivity index (χ2v) is 6.42. The predicted molar refractivity (Wildman–Crippen MR) is 99.2 cm³/mol. The third kappa shape index (κ3) is 5.12. The van der Waals surface area contributed by atoms with Crippen LogP contribution in [0.2, 0.25) is 0 Å². The minimum atomic E-state index is 0.0227. The molecule has 24 heavy (non-hydrogen) atoms. The molecule has 0 aliphatic carbocycles. The van der Waals surface area contributed by atoms with E-state index in [1.165, 1.54) is 16.7 Å². The van der Waals surface area contributed by atoms with E-state index in [1.54, 1.807) is 0 Å². The lowest BCUT2D eigenvalue weighted by atomic mass is 10.0. The van der Waals surface area contributed by atoms with Gasteiger partial charge in [0, 0.05) is 12.0 Å². The van der Waals surface area contributed by atoms with Crippen LogP contribution in [0, 0.1) is 5.92 Å². The summed E-state index contributed by atoms with van der Waals surface area (Å²) in [6.07, 6.45) is 0.835. The molecule has 0 aromatic heterocycles. The van der Waals surface area contributed by atoms with Crippen molar-refractivity contribution in [3.8, 4) is 16.9 Å². The SMILES string of the molecule is CCOc1ccc(-c2ccc(CC(C)NC(=O)C(C)C)cc2)cc1. The van der Waals surface area contributed by atoms with Crippen LogP contribution in [-0.2, 0) is 11.2 Å². The van der Waals surface area contributed by atoms with Crippen molar-refractivity contribution in [3.63, 3.8) is 0 Å². The first-order valence-electron chi connectivity index (χ1n) is 8.62. The molecule has 2 rings (SSSR count). The molecule has 1 atom stereocenters. The van der Waals surface area contributed by atoms with Gasteiger partial charge in [-0.05, 0) is 49.1 Å². The van der Waals surface area contributed by atoms with Crippen LogP contribution in [0.1, 0.15) is 33.3 Å².